The Hall–Kier alpha value is -3.17. The highest BCUT2D eigenvalue weighted by Crippen LogP contribution is 2.45. The van der Waals surface area contributed by atoms with E-state index in [2.05, 4.69) is 4.98 Å². The molecule has 6 nitrogen and oxygen atoms in total. The lowest BCUT2D eigenvalue weighted by Gasteiger charge is -2.27. The molecule has 2 aromatic carbocycles. The minimum absolute atomic E-state index is 0.0231. The number of aliphatic hydroxyl groups excluding tert-OH is 1. The summed E-state index contributed by atoms with van der Waals surface area (Å²) in [5, 5.41) is 8.38. The molecule has 3 rings (SSSR count). The normalized spacial score (nSPS) is 14.8. The summed E-state index contributed by atoms with van der Waals surface area (Å²) in [4.78, 5) is 27.7. The summed E-state index contributed by atoms with van der Waals surface area (Å²) in [7, 11) is -3.34. The van der Waals surface area contributed by atoms with Gasteiger partial charge in [-0.3, -0.25) is 0 Å². The molecule has 3 unspecified atom stereocenters. The third-order valence-electron chi connectivity index (χ3n) is 5.35. The van der Waals surface area contributed by atoms with Crippen molar-refractivity contribution in [2.24, 2.45) is 0 Å². The molecule has 0 spiro atoms. The number of hydrogen-bond acceptors (Lipinski definition) is 5. The van der Waals surface area contributed by atoms with Crippen molar-refractivity contribution >= 4 is 24.9 Å². The molecule has 0 amide bonds. The van der Waals surface area contributed by atoms with Crippen molar-refractivity contribution in [1.29, 1.82) is 0 Å². The number of terminal acetylenes is 1. The van der Waals surface area contributed by atoms with Gasteiger partial charge >= 0.3 is 19.2 Å². The molecule has 33 heavy (non-hydrogen) atoms. The maximum absolute atomic E-state index is 13.6. The van der Waals surface area contributed by atoms with Crippen molar-refractivity contribution in [3.05, 3.63) is 59.9 Å². The summed E-state index contributed by atoms with van der Waals surface area (Å²) in [5.41, 5.74) is 1.35. The number of halogens is 1. The van der Waals surface area contributed by atoms with Gasteiger partial charge in [0.1, 0.15) is 17.6 Å². The lowest BCUT2D eigenvalue weighted by Crippen LogP contribution is -2.46. The number of pyridine rings is 1. The molecule has 3 atom stereocenters. The number of nitrogens with zero attached hydrogens (tertiary/aromatic N) is 1. The third kappa shape index (κ3) is 4.38. The molecule has 3 aromatic rings. The van der Waals surface area contributed by atoms with E-state index in [1.165, 1.54) is 24.3 Å². The van der Waals surface area contributed by atoms with Crippen LogP contribution in [0.5, 0.6) is 5.75 Å². The highest BCUT2D eigenvalue weighted by atomic mass is 31.1. The number of rotatable bonds is 5. The zero-order valence-corrected chi connectivity index (χ0v) is 19.6. The Morgan fingerprint density at radius 3 is 2.30 bits per heavy atom. The molecule has 2 N–H and O–H groups in total. The van der Waals surface area contributed by atoms with Gasteiger partial charge in [-0.1, -0.05) is 39.0 Å². The number of fused-ring (bicyclic) bond motifs is 1. The van der Waals surface area contributed by atoms with Crippen LogP contribution in [0.4, 0.5) is 4.39 Å². The average molecular weight is 468 g/mol. The topological polar surface area (TPSA) is 96.7 Å². The van der Waals surface area contributed by atoms with Crippen LogP contribution in [0.1, 0.15) is 33.3 Å². The lowest BCUT2D eigenvalue weighted by atomic mass is 9.83. The molecule has 0 saturated carbocycles. The SMILES string of the molecule is C#CC(C(=O)Oc1c(-c2ccc(F)cc2)nc2ccccc2c1C(C)(C)C)(C(C)O)[P+](=O)O. The van der Waals surface area contributed by atoms with Gasteiger partial charge in [0, 0.05) is 16.5 Å². The van der Waals surface area contributed by atoms with Gasteiger partial charge in [0.15, 0.2) is 5.75 Å². The van der Waals surface area contributed by atoms with Crippen LogP contribution >= 0.6 is 8.03 Å². The fourth-order valence-corrected chi connectivity index (χ4v) is 4.29. The van der Waals surface area contributed by atoms with Gasteiger partial charge in [-0.05, 0) is 53.2 Å². The molecule has 0 bridgehead atoms. The first-order valence-electron chi connectivity index (χ1n) is 10.2. The predicted molar refractivity (Wildman–Crippen MR) is 125 cm³/mol. The zero-order valence-electron chi connectivity index (χ0n) is 18.7. The number of carbonyl (C=O) groups excluding carboxylic acids is 1. The molecule has 0 aliphatic rings. The fraction of sp³-hybridized carbons (Fsp3) is 0.280. The number of esters is 1. The molecule has 1 aromatic heterocycles. The first kappa shape index (κ1) is 24.5. The highest BCUT2D eigenvalue weighted by molar-refractivity contribution is 7.42. The number of aromatic nitrogens is 1. The van der Waals surface area contributed by atoms with Crippen LogP contribution in [0, 0.1) is 18.2 Å². The molecule has 0 radical (unpaired) electrons. The molecule has 1 heterocycles. The van der Waals surface area contributed by atoms with E-state index >= 15 is 0 Å². The van der Waals surface area contributed by atoms with E-state index in [0.717, 1.165) is 6.92 Å². The average Bonchev–Trinajstić information content (AvgIpc) is 2.73. The van der Waals surface area contributed by atoms with E-state index in [9.17, 15) is 23.7 Å². The second kappa shape index (κ2) is 8.99. The standard InChI is InChI=1S/C25H23FNO5P/c1-6-25(15(2)28,33(30)31)23(29)32-22-20(24(3,4)5)18-9-7-8-10-19(18)27-21(22)16-11-13-17(26)14-12-16/h1,7-15,28H,2-5H3/p+1. The number of benzene rings is 2. The maximum atomic E-state index is 13.6. The van der Waals surface area contributed by atoms with E-state index in [1.807, 2.05) is 44.9 Å². The number of aliphatic hydroxyl groups is 1. The third-order valence-corrected chi connectivity index (χ3v) is 6.64. The fourth-order valence-electron chi connectivity index (χ4n) is 3.66. The van der Waals surface area contributed by atoms with E-state index in [4.69, 9.17) is 11.2 Å². The van der Waals surface area contributed by atoms with Crippen LogP contribution < -0.4 is 4.74 Å². The Kier molecular flexibility index (Phi) is 6.67. The zero-order chi connectivity index (χ0) is 24.6. The van der Waals surface area contributed by atoms with Gasteiger partial charge in [-0.15, -0.1) is 6.42 Å². The monoisotopic (exact) mass is 468 g/mol. The van der Waals surface area contributed by atoms with Gasteiger partial charge in [0.05, 0.1) is 5.52 Å². The van der Waals surface area contributed by atoms with Crippen LogP contribution in [0.3, 0.4) is 0 Å². The quantitative estimate of drug-likeness (QED) is 0.319. The van der Waals surface area contributed by atoms with Gasteiger partial charge in [0.25, 0.3) is 0 Å². The Labute approximate surface area is 192 Å². The maximum Gasteiger partial charge on any atom is 0.540 e. The van der Waals surface area contributed by atoms with Crippen LogP contribution in [0.25, 0.3) is 22.2 Å². The predicted octanol–water partition coefficient (Wildman–Crippen LogP) is 4.73. The molecule has 8 heteroatoms. The van der Waals surface area contributed by atoms with E-state index in [1.54, 1.807) is 6.07 Å². The van der Waals surface area contributed by atoms with Crippen LogP contribution in [0.15, 0.2) is 48.5 Å². The molecular formula is C25H24FNO5P+. The summed E-state index contributed by atoms with van der Waals surface area (Å²) in [6.45, 7) is 6.89. The number of carbonyl (C=O) groups is 1. The first-order valence-corrected chi connectivity index (χ1v) is 11.4. The lowest BCUT2D eigenvalue weighted by molar-refractivity contribution is -0.138. The van der Waals surface area contributed by atoms with Crippen LogP contribution in [0.2, 0.25) is 0 Å². The van der Waals surface area contributed by atoms with E-state index in [-0.39, 0.29) is 11.4 Å². The van der Waals surface area contributed by atoms with Crippen molar-refractivity contribution in [2.45, 2.75) is 44.4 Å². The summed E-state index contributed by atoms with van der Waals surface area (Å²) in [6.07, 6.45) is 3.77. The Balaban J connectivity index is 2.38. The molecule has 0 saturated heterocycles. The minimum Gasteiger partial charge on any atom is -0.419 e. The van der Waals surface area contributed by atoms with Gasteiger partial charge < -0.3 is 9.84 Å². The largest absolute Gasteiger partial charge is 0.540 e. The summed E-state index contributed by atoms with van der Waals surface area (Å²) in [6, 6.07) is 12.7. The van der Waals surface area contributed by atoms with E-state index in [0.29, 0.717) is 22.0 Å². The van der Waals surface area contributed by atoms with Crippen molar-refractivity contribution in [1.82, 2.24) is 4.98 Å². The minimum atomic E-state index is -3.34. The van der Waals surface area contributed by atoms with Crippen LogP contribution in [-0.4, -0.2) is 32.2 Å². The number of para-hydroxylation sites is 1. The summed E-state index contributed by atoms with van der Waals surface area (Å²) >= 11 is 0. The summed E-state index contributed by atoms with van der Waals surface area (Å²) < 4.78 is 31.4. The second-order valence-electron chi connectivity index (χ2n) is 8.69. The molecule has 0 aliphatic carbocycles. The Morgan fingerprint density at radius 2 is 1.79 bits per heavy atom. The van der Waals surface area contributed by atoms with Gasteiger partial charge in [-0.2, -0.15) is 4.89 Å². The van der Waals surface area contributed by atoms with Crippen LogP contribution in [-0.2, 0) is 14.8 Å². The van der Waals surface area contributed by atoms with Gasteiger partial charge in [0.2, 0.25) is 0 Å². The van der Waals surface area contributed by atoms with Crippen molar-refractivity contribution in [3.63, 3.8) is 0 Å². The van der Waals surface area contributed by atoms with Gasteiger partial charge in [-0.25, -0.2) is 14.2 Å². The van der Waals surface area contributed by atoms with Crippen molar-refractivity contribution in [2.75, 3.05) is 0 Å². The van der Waals surface area contributed by atoms with Crippen molar-refractivity contribution < 1.29 is 28.5 Å². The summed E-state index contributed by atoms with van der Waals surface area (Å²) in [5.74, 6) is 0.284. The molecule has 0 fully saturated rings. The smallest absolute Gasteiger partial charge is 0.419 e. The number of hydrogen-bond donors (Lipinski definition) is 2. The van der Waals surface area contributed by atoms with Crippen molar-refractivity contribution in [3.8, 4) is 29.4 Å². The number of ether oxygens (including phenoxy) is 1. The molecular weight excluding hydrogens is 444 g/mol. The first-order chi connectivity index (χ1) is 15.4. The Morgan fingerprint density at radius 1 is 1.18 bits per heavy atom. The molecule has 170 valence electrons. The highest BCUT2D eigenvalue weighted by Gasteiger charge is 2.62. The molecule has 0 aliphatic heterocycles. The second-order valence-corrected chi connectivity index (χ2v) is 9.94. The Bertz CT molecular complexity index is 1270. The van der Waals surface area contributed by atoms with E-state index < -0.39 is 36.5 Å².